The summed E-state index contributed by atoms with van der Waals surface area (Å²) < 4.78 is 3.42. The van der Waals surface area contributed by atoms with E-state index in [-0.39, 0.29) is 5.56 Å². The number of benzene rings is 2. The maximum absolute atomic E-state index is 12.8. The van der Waals surface area contributed by atoms with Crippen molar-refractivity contribution in [2.45, 2.75) is 26.1 Å². The number of hydrogen-bond acceptors (Lipinski definition) is 5. The molecule has 0 spiro atoms. The highest BCUT2D eigenvalue weighted by atomic mass is 16.2. The van der Waals surface area contributed by atoms with Crippen LogP contribution in [-0.2, 0) is 33.1 Å². The van der Waals surface area contributed by atoms with Gasteiger partial charge in [0.25, 0.3) is 5.56 Å². The van der Waals surface area contributed by atoms with Gasteiger partial charge >= 0.3 is 5.69 Å². The quantitative estimate of drug-likeness (QED) is 0.458. The number of hydrogen-bond donors (Lipinski definition) is 1. The van der Waals surface area contributed by atoms with Crippen LogP contribution in [0.2, 0.25) is 0 Å². The summed E-state index contributed by atoms with van der Waals surface area (Å²) in [6.45, 7) is 6.08. The van der Waals surface area contributed by atoms with Crippen LogP contribution in [0, 0.1) is 0 Å². The molecule has 0 bridgehead atoms. The molecule has 0 aliphatic carbocycles. The lowest BCUT2D eigenvalue weighted by atomic mass is 10.1. The number of nitrogens with zero attached hydrogens (tertiary/aromatic N) is 5. The Morgan fingerprint density at radius 2 is 1.41 bits per heavy atom. The summed E-state index contributed by atoms with van der Waals surface area (Å²) in [7, 11) is 1.65. The molecule has 1 fully saturated rings. The van der Waals surface area contributed by atoms with Gasteiger partial charge in [0.2, 0.25) is 0 Å². The lowest BCUT2D eigenvalue weighted by Gasteiger charge is -2.34. The van der Waals surface area contributed by atoms with Gasteiger partial charge in [-0.2, -0.15) is 0 Å². The lowest BCUT2D eigenvalue weighted by Crippen LogP contribution is -2.45. The van der Waals surface area contributed by atoms with Gasteiger partial charge in [-0.15, -0.1) is 0 Å². The number of piperazine rings is 1. The van der Waals surface area contributed by atoms with E-state index in [2.05, 4.69) is 51.2 Å². The molecule has 0 amide bonds. The second-order valence-corrected chi connectivity index (χ2v) is 8.94. The van der Waals surface area contributed by atoms with E-state index in [1.807, 2.05) is 28.8 Å². The standard InChI is InChI=1S/C26H30N6O2/c1-29-24-23(25(33)28-26(29)34)32(13-12-20-8-4-2-5-9-20)22(27-24)19-31-16-14-30(15-17-31)18-21-10-6-3-7-11-21/h2-11H,12-19H2,1H3,(H,28,33,34). The minimum Gasteiger partial charge on any atom is -0.321 e. The van der Waals surface area contributed by atoms with Crippen LogP contribution in [0.25, 0.3) is 11.2 Å². The summed E-state index contributed by atoms with van der Waals surface area (Å²) in [5, 5.41) is 0. The highest BCUT2D eigenvalue weighted by Crippen LogP contribution is 2.16. The van der Waals surface area contributed by atoms with Crippen LogP contribution in [0.15, 0.2) is 70.3 Å². The second kappa shape index (κ2) is 9.79. The Hall–Kier alpha value is -3.49. The van der Waals surface area contributed by atoms with Crippen molar-refractivity contribution in [3.8, 4) is 0 Å². The van der Waals surface area contributed by atoms with Crippen LogP contribution < -0.4 is 11.2 Å². The van der Waals surface area contributed by atoms with Crippen LogP contribution >= 0.6 is 0 Å². The van der Waals surface area contributed by atoms with Gasteiger partial charge in [0.05, 0.1) is 6.54 Å². The first-order valence-corrected chi connectivity index (χ1v) is 11.8. The number of aryl methyl sites for hydroxylation is 3. The summed E-state index contributed by atoms with van der Waals surface area (Å²) in [6.07, 6.45) is 0.784. The van der Waals surface area contributed by atoms with Gasteiger partial charge in [-0.1, -0.05) is 60.7 Å². The maximum atomic E-state index is 12.8. The van der Waals surface area contributed by atoms with Gasteiger partial charge in [-0.3, -0.25) is 24.1 Å². The molecule has 2 aromatic heterocycles. The van der Waals surface area contributed by atoms with Crippen molar-refractivity contribution >= 4 is 11.2 Å². The fraction of sp³-hybridized carbons (Fsp3) is 0.346. The topological polar surface area (TPSA) is 79.2 Å². The van der Waals surface area contributed by atoms with Crippen molar-refractivity contribution < 1.29 is 0 Å². The van der Waals surface area contributed by atoms with Crippen molar-refractivity contribution in [1.29, 1.82) is 0 Å². The Balaban J connectivity index is 1.36. The summed E-state index contributed by atoms with van der Waals surface area (Å²) in [4.78, 5) is 37.0. The molecule has 5 rings (SSSR count). The fourth-order valence-electron chi connectivity index (χ4n) is 4.67. The summed E-state index contributed by atoms with van der Waals surface area (Å²) >= 11 is 0. The molecule has 3 heterocycles. The van der Waals surface area contributed by atoms with Crippen molar-refractivity contribution in [3.63, 3.8) is 0 Å². The Labute approximate surface area is 198 Å². The summed E-state index contributed by atoms with van der Waals surface area (Å²) in [6, 6.07) is 20.8. The van der Waals surface area contributed by atoms with Crippen LogP contribution in [0.5, 0.6) is 0 Å². The van der Waals surface area contributed by atoms with E-state index < -0.39 is 5.69 Å². The molecule has 8 heteroatoms. The first-order valence-electron chi connectivity index (χ1n) is 11.8. The van der Waals surface area contributed by atoms with E-state index >= 15 is 0 Å². The van der Waals surface area contributed by atoms with Gasteiger partial charge in [0.15, 0.2) is 11.2 Å². The van der Waals surface area contributed by atoms with Crippen LogP contribution in [0.3, 0.4) is 0 Å². The second-order valence-electron chi connectivity index (χ2n) is 8.94. The molecule has 1 saturated heterocycles. The smallest absolute Gasteiger partial charge is 0.321 e. The monoisotopic (exact) mass is 458 g/mol. The Bertz CT molecular complexity index is 1370. The molecule has 4 aromatic rings. The number of H-pyrrole nitrogens is 1. The first kappa shape index (κ1) is 22.3. The lowest BCUT2D eigenvalue weighted by molar-refractivity contribution is 0.119. The predicted molar refractivity (Wildman–Crippen MR) is 133 cm³/mol. The zero-order valence-corrected chi connectivity index (χ0v) is 19.5. The van der Waals surface area contributed by atoms with Crippen LogP contribution in [0.1, 0.15) is 17.0 Å². The Morgan fingerprint density at radius 1 is 0.824 bits per heavy atom. The van der Waals surface area contributed by atoms with Gasteiger partial charge < -0.3 is 4.57 Å². The molecule has 0 saturated carbocycles. The largest absolute Gasteiger partial charge is 0.329 e. The Morgan fingerprint density at radius 3 is 2.06 bits per heavy atom. The molecular formula is C26H30N6O2. The van der Waals surface area contributed by atoms with E-state index in [0.717, 1.165) is 45.0 Å². The number of nitrogens with one attached hydrogen (secondary N) is 1. The van der Waals surface area contributed by atoms with Crippen molar-refractivity contribution in [2.24, 2.45) is 7.05 Å². The average molecular weight is 459 g/mol. The maximum Gasteiger partial charge on any atom is 0.329 e. The zero-order chi connectivity index (χ0) is 23.5. The third-order valence-corrected chi connectivity index (χ3v) is 6.63. The van der Waals surface area contributed by atoms with Gasteiger partial charge in [0.1, 0.15) is 5.82 Å². The molecule has 176 valence electrons. The molecule has 8 nitrogen and oxygen atoms in total. The summed E-state index contributed by atoms with van der Waals surface area (Å²) in [5.41, 5.74) is 2.63. The molecule has 0 unspecified atom stereocenters. The third kappa shape index (κ3) is 4.73. The van der Waals surface area contributed by atoms with Crippen molar-refractivity contribution in [1.82, 2.24) is 28.9 Å². The van der Waals surface area contributed by atoms with E-state index in [1.54, 1.807) is 7.05 Å². The molecule has 1 aliphatic heterocycles. The number of rotatable bonds is 7. The predicted octanol–water partition coefficient (Wildman–Crippen LogP) is 1.98. The van der Waals surface area contributed by atoms with E-state index in [1.165, 1.54) is 15.7 Å². The highest BCUT2D eigenvalue weighted by molar-refractivity contribution is 5.70. The molecule has 2 aromatic carbocycles. The number of aromatic amines is 1. The molecule has 0 radical (unpaired) electrons. The van der Waals surface area contributed by atoms with Gasteiger partial charge in [-0.25, -0.2) is 9.78 Å². The number of imidazole rings is 1. The van der Waals surface area contributed by atoms with Crippen LogP contribution in [-0.4, -0.2) is 55.1 Å². The molecule has 1 N–H and O–H groups in total. The number of aromatic nitrogens is 4. The van der Waals surface area contributed by atoms with Gasteiger partial charge in [0, 0.05) is 46.3 Å². The van der Waals surface area contributed by atoms with Crippen molar-refractivity contribution in [3.05, 3.63) is 98.5 Å². The molecular weight excluding hydrogens is 428 g/mol. The van der Waals surface area contributed by atoms with E-state index in [4.69, 9.17) is 4.98 Å². The third-order valence-electron chi connectivity index (χ3n) is 6.63. The SMILES string of the molecule is Cn1c(=O)[nH]c(=O)c2c1nc(CN1CCN(Cc3ccccc3)CC1)n2CCc1ccccc1. The summed E-state index contributed by atoms with van der Waals surface area (Å²) in [5.74, 6) is 0.828. The first-order chi connectivity index (χ1) is 16.6. The number of fused-ring (bicyclic) bond motifs is 1. The highest BCUT2D eigenvalue weighted by Gasteiger charge is 2.22. The Kier molecular flexibility index (Phi) is 6.42. The molecule has 34 heavy (non-hydrogen) atoms. The molecule has 0 atom stereocenters. The minimum absolute atomic E-state index is 0.377. The van der Waals surface area contributed by atoms with E-state index in [9.17, 15) is 9.59 Å². The molecule has 1 aliphatic rings. The normalized spacial score (nSPS) is 15.2. The van der Waals surface area contributed by atoms with Gasteiger partial charge in [-0.05, 0) is 17.5 Å². The zero-order valence-electron chi connectivity index (χ0n) is 19.5. The van der Waals surface area contributed by atoms with Crippen molar-refractivity contribution in [2.75, 3.05) is 26.2 Å². The van der Waals surface area contributed by atoms with Crippen LogP contribution in [0.4, 0.5) is 0 Å². The fourth-order valence-corrected chi connectivity index (χ4v) is 4.67. The minimum atomic E-state index is -0.439. The van der Waals surface area contributed by atoms with E-state index in [0.29, 0.717) is 24.3 Å². The average Bonchev–Trinajstić information content (AvgIpc) is 3.22.